The van der Waals surface area contributed by atoms with Gasteiger partial charge >= 0.3 is 5.97 Å². The molecule has 4 rings (SSSR count). The van der Waals surface area contributed by atoms with E-state index in [0.29, 0.717) is 11.3 Å². The summed E-state index contributed by atoms with van der Waals surface area (Å²) in [5.41, 5.74) is 2.10. The van der Waals surface area contributed by atoms with Crippen LogP contribution in [0.15, 0.2) is 78.9 Å². The van der Waals surface area contributed by atoms with Crippen LogP contribution < -0.4 is 9.30 Å². The van der Waals surface area contributed by atoms with Crippen molar-refractivity contribution in [3.8, 4) is 5.75 Å². The minimum Gasteiger partial charge on any atom is -0.423 e. The molecular formula is C24H21NO2. The highest BCUT2D eigenvalue weighted by atomic mass is 16.5. The molecule has 1 heterocycles. The van der Waals surface area contributed by atoms with E-state index in [1.54, 1.807) is 12.1 Å². The third kappa shape index (κ3) is 3.06. The number of hydrogen-bond donors (Lipinski definition) is 0. The number of ether oxygens (including phenoxy) is 1. The van der Waals surface area contributed by atoms with Crippen LogP contribution in [0.25, 0.3) is 21.8 Å². The molecule has 0 atom stereocenters. The van der Waals surface area contributed by atoms with Gasteiger partial charge in [-0.2, -0.15) is 0 Å². The second-order valence-corrected chi connectivity index (χ2v) is 7.26. The van der Waals surface area contributed by atoms with Crippen molar-refractivity contribution in [2.45, 2.75) is 19.4 Å². The van der Waals surface area contributed by atoms with Crippen LogP contribution in [0.4, 0.5) is 0 Å². The van der Waals surface area contributed by atoms with Crippen LogP contribution >= 0.6 is 0 Å². The summed E-state index contributed by atoms with van der Waals surface area (Å²) in [4.78, 5) is 13.2. The minimum absolute atomic E-state index is 0.359. The molecule has 0 unspecified atom stereocenters. The van der Waals surface area contributed by atoms with E-state index in [0.717, 1.165) is 21.8 Å². The maximum atomic E-state index is 13.2. The largest absolute Gasteiger partial charge is 0.423 e. The number of nitrogens with zero attached hydrogens (tertiary/aromatic N) is 1. The molecule has 0 aliphatic heterocycles. The summed E-state index contributed by atoms with van der Waals surface area (Å²) in [7, 11) is 0. The van der Waals surface area contributed by atoms with Gasteiger partial charge in [0, 0.05) is 17.7 Å². The first kappa shape index (κ1) is 17.2. The van der Waals surface area contributed by atoms with Crippen molar-refractivity contribution in [2.24, 2.45) is 0 Å². The molecule has 0 N–H and O–H groups in total. The normalized spacial score (nSPS) is 11.7. The van der Waals surface area contributed by atoms with Crippen LogP contribution in [0.1, 0.15) is 24.2 Å². The van der Waals surface area contributed by atoms with Crippen LogP contribution in [0.2, 0.25) is 0 Å². The first-order chi connectivity index (χ1) is 13.0. The van der Waals surface area contributed by atoms with Crippen molar-refractivity contribution < 1.29 is 14.1 Å². The summed E-state index contributed by atoms with van der Waals surface area (Å²) >= 11 is 0. The monoisotopic (exact) mass is 355 g/mol. The first-order valence-corrected chi connectivity index (χ1v) is 8.95. The molecule has 3 nitrogen and oxygen atoms in total. The van der Waals surface area contributed by atoms with E-state index < -0.39 is 0 Å². The Hall–Kier alpha value is -3.20. The van der Waals surface area contributed by atoms with Crippen molar-refractivity contribution in [3.05, 3.63) is 91.3 Å². The van der Waals surface area contributed by atoms with Gasteiger partial charge in [-0.25, -0.2) is 9.36 Å². The van der Waals surface area contributed by atoms with Crippen LogP contribution in [0.5, 0.6) is 5.75 Å². The fourth-order valence-corrected chi connectivity index (χ4v) is 3.55. The molecule has 27 heavy (non-hydrogen) atoms. The van der Waals surface area contributed by atoms with Gasteiger partial charge in [-0.15, -0.1) is 0 Å². The van der Waals surface area contributed by atoms with Gasteiger partial charge in [0.1, 0.15) is 5.75 Å². The topological polar surface area (TPSA) is 30.2 Å². The van der Waals surface area contributed by atoms with Gasteiger partial charge in [-0.1, -0.05) is 42.5 Å². The summed E-state index contributed by atoms with van der Waals surface area (Å²) in [5.74, 6) is 0.174. The molecule has 0 radical (unpaired) electrons. The first-order valence-electron chi connectivity index (χ1n) is 8.95. The molecule has 0 saturated carbocycles. The highest BCUT2D eigenvalue weighted by Gasteiger charge is 2.28. The number of benzene rings is 3. The molecule has 0 bridgehead atoms. The predicted molar refractivity (Wildman–Crippen MR) is 108 cm³/mol. The molecule has 0 fully saturated rings. The van der Waals surface area contributed by atoms with Gasteiger partial charge in [-0.3, -0.25) is 6.92 Å². The van der Waals surface area contributed by atoms with Gasteiger partial charge in [0.15, 0.2) is 0 Å². The Balaban J connectivity index is 2.04. The van der Waals surface area contributed by atoms with E-state index in [1.165, 1.54) is 0 Å². The number of esters is 1. The number of pyridine rings is 1. The second kappa shape index (κ2) is 6.51. The number of carbonyl (C=O) groups excluding carboxylic acids is 1. The Morgan fingerprint density at radius 2 is 1.30 bits per heavy atom. The lowest BCUT2D eigenvalue weighted by molar-refractivity contribution is -0.698. The number of fused-ring (bicyclic) bond motifs is 2. The molecule has 1 aromatic heterocycles. The van der Waals surface area contributed by atoms with Gasteiger partial charge in [0.2, 0.25) is 11.0 Å². The maximum absolute atomic E-state index is 13.2. The number of rotatable bonds is 3. The Bertz CT molecular complexity index is 1080. The predicted octanol–water partition coefficient (Wildman–Crippen LogP) is 5.07. The zero-order chi connectivity index (χ0) is 19.0. The van der Waals surface area contributed by atoms with Gasteiger partial charge in [0.05, 0.1) is 16.3 Å². The average molecular weight is 355 g/mol. The molecule has 0 saturated heterocycles. The van der Waals surface area contributed by atoms with E-state index in [4.69, 9.17) is 4.74 Å². The fourth-order valence-electron chi connectivity index (χ4n) is 3.55. The van der Waals surface area contributed by atoms with Crippen molar-refractivity contribution in [3.63, 3.8) is 0 Å². The van der Waals surface area contributed by atoms with Crippen LogP contribution in [-0.4, -0.2) is 5.97 Å². The summed E-state index contributed by atoms with van der Waals surface area (Å²) in [6.45, 7) is 8.46. The Morgan fingerprint density at radius 3 is 1.81 bits per heavy atom. The third-order valence-electron chi connectivity index (χ3n) is 4.59. The van der Waals surface area contributed by atoms with E-state index in [1.807, 2.05) is 66.7 Å². The lowest BCUT2D eigenvalue weighted by atomic mass is 9.98. The third-order valence-corrected chi connectivity index (χ3v) is 4.59. The SMILES string of the molecule is [CH2-]C(C)(C)[n+]1c2ccccc2c(C(=O)Oc2ccccc2)c2ccccc21. The number of carbonyl (C=O) groups is 1. The summed E-state index contributed by atoms with van der Waals surface area (Å²) in [5, 5.41) is 1.71. The number of aromatic nitrogens is 1. The molecule has 4 aromatic rings. The quantitative estimate of drug-likeness (QED) is 0.169. The zero-order valence-corrected chi connectivity index (χ0v) is 15.5. The minimum atomic E-state index is -0.388. The Morgan fingerprint density at radius 1 is 0.815 bits per heavy atom. The average Bonchev–Trinajstić information content (AvgIpc) is 2.65. The standard InChI is InChI=1S/C24H21NO2/c1-24(2,3)25-20-15-9-7-13-18(20)22(19-14-8-10-16-21(19)25)23(26)27-17-11-5-4-6-12-17/h4-16H,1H2,2-3H3. The smallest absolute Gasteiger partial charge is 0.345 e. The van der Waals surface area contributed by atoms with Crippen molar-refractivity contribution >= 4 is 27.8 Å². The molecular weight excluding hydrogens is 334 g/mol. The van der Waals surface area contributed by atoms with Gasteiger partial charge < -0.3 is 4.74 Å². The molecule has 134 valence electrons. The Labute approximate surface area is 158 Å². The van der Waals surface area contributed by atoms with Crippen molar-refractivity contribution in [2.75, 3.05) is 0 Å². The maximum Gasteiger partial charge on any atom is 0.345 e. The zero-order valence-electron chi connectivity index (χ0n) is 15.5. The summed E-state index contributed by atoms with van der Waals surface area (Å²) in [6, 6.07) is 25.0. The van der Waals surface area contributed by atoms with E-state index >= 15 is 0 Å². The fraction of sp³-hybridized carbons (Fsp3) is 0.125. The summed E-state index contributed by atoms with van der Waals surface area (Å²) in [6.07, 6.45) is 0. The Kier molecular flexibility index (Phi) is 4.15. The molecule has 0 spiro atoms. The van der Waals surface area contributed by atoms with Gasteiger partial charge in [-0.05, 0) is 38.1 Å². The number of hydrogen-bond acceptors (Lipinski definition) is 2. The second-order valence-electron chi connectivity index (χ2n) is 7.26. The molecule has 0 amide bonds. The van der Waals surface area contributed by atoms with Crippen molar-refractivity contribution in [1.82, 2.24) is 0 Å². The van der Waals surface area contributed by atoms with E-state index in [9.17, 15) is 4.79 Å². The highest BCUT2D eigenvalue weighted by Crippen LogP contribution is 2.28. The number of para-hydroxylation sites is 3. The van der Waals surface area contributed by atoms with Crippen LogP contribution in [0.3, 0.4) is 0 Å². The molecule has 0 aliphatic carbocycles. The van der Waals surface area contributed by atoms with Crippen LogP contribution in [0, 0.1) is 6.92 Å². The summed E-state index contributed by atoms with van der Waals surface area (Å²) < 4.78 is 7.86. The highest BCUT2D eigenvalue weighted by molar-refractivity contribution is 6.13. The van der Waals surface area contributed by atoms with E-state index in [2.05, 4.69) is 25.3 Å². The molecule has 3 heteroatoms. The van der Waals surface area contributed by atoms with E-state index in [-0.39, 0.29) is 11.5 Å². The van der Waals surface area contributed by atoms with Crippen molar-refractivity contribution in [1.29, 1.82) is 0 Å². The molecule has 3 aromatic carbocycles. The van der Waals surface area contributed by atoms with Gasteiger partial charge in [0.25, 0.3) is 0 Å². The van der Waals surface area contributed by atoms with Crippen LogP contribution in [-0.2, 0) is 5.54 Å². The molecule has 0 aliphatic rings. The lowest BCUT2D eigenvalue weighted by Crippen LogP contribution is -2.51. The lowest BCUT2D eigenvalue weighted by Gasteiger charge is -2.24.